The van der Waals surface area contributed by atoms with Crippen molar-refractivity contribution in [2.45, 2.75) is 6.61 Å². The van der Waals surface area contributed by atoms with Gasteiger partial charge in [-0.3, -0.25) is 4.79 Å². The van der Waals surface area contributed by atoms with Crippen LogP contribution in [0.3, 0.4) is 0 Å². The minimum Gasteiger partial charge on any atom is -0.488 e. The fraction of sp³-hybridized carbons (Fsp3) is 0.130. The molecule has 0 bridgehead atoms. The van der Waals surface area contributed by atoms with E-state index in [1.807, 2.05) is 79.7 Å². The van der Waals surface area contributed by atoms with Gasteiger partial charge in [0.15, 0.2) is 0 Å². The number of nitrogens with one attached hydrogen (secondary N) is 1. The highest BCUT2D eigenvalue weighted by Gasteiger charge is 2.13. The van der Waals surface area contributed by atoms with Crippen molar-refractivity contribution in [3.63, 3.8) is 0 Å². The van der Waals surface area contributed by atoms with Gasteiger partial charge in [-0.25, -0.2) is 5.43 Å². The highest BCUT2D eigenvalue weighted by Crippen LogP contribution is 2.24. The zero-order valence-corrected chi connectivity index (χ0v) is 17.9. The molecular formula is C23H22BrN3O2. The lowest BCUT2D eigenvalue weighted by molar-refractivity contribution is 0.0950. The third-order valence-electron chi connectivity index (χ3n) is 4.21. The molecule has 0 saturated heterocycles. The van der Waals surface area contributed by atoms with Gasteiger partial charge in [0, 0.05) is 24.3 Å². The molecule has 0 spiro atoms. The molecular weight excluding hydrogens is 430 g/mol. The van der Waals surface area contributed by atoms with Crippen molar-refractivity contribution < 1.29 is 9.53 Å². The Kier molecular flexibility index (Phi) is 7.03. The predicted octanol–water partition coefficient (Wildman–Crippen LogP) is 4.86. The Hall–Kier alpha value is -3.12. The maximum absolute atomic E-state index is 12.6. The zero-order chi connectivity index (χ0) is 20.6. The van der Waals surface area contributed by atoms with Gasteiger partial charge in [-0.15, -0.1) is 0 Å². The molecule has 1 amide bonds. The zero-order valence-electron chi connectivity index (χ0n) is 16.3. The van der Waals surface area contributed by atoms with E-state index >= 15 is 0 Å². The summed E-state index contributed by atoms with van der Waals surface area (Å²) in [7, 11) is 3.97. The van der Waals surface area contributed by atoms with E-state index in [9.17, 15) is 4.79 Å². The van der Waals surface area contributed by atoms with Crippen molar-refractivity contribution in [3.05, 3.63) is 94.0 Å². The lowest BCUT2D eigenvalue weighted by atomic mass is 10.2. The standard InChI is InChI=1S/C23H22BrN3O2/c1-27(2)20-11-8-17(9-12-20)15-25-26-23(28)21-14-19(24)10-13-22(21)29-16-18-6-4-3-5-7-18/h3-15H,16H2,1-2H3,(H,26,28)/b25-15-. The topological polar surface area (TPSA) is 53.9 Å². The van der Waals surface area contributed by atoms with Crippen molar-refractivity contribution in [3.8, 4) is 5.75 Å². The molecule has 0 atom stereocenters. The molecule has 0 aliphatic carbocycles. The van der Waals surface area contributed by atoms with Crippen molar-refractivity contribution >= 4 is 33.7 Å². The molecule has 0 aliphatic heterocycles. The molecule has 0 fully saturated rings. The van der Waals surface area contributed by atoms with Gasteiger partial charge >= 0.3 is 0 Å². The van der Waals surface area contributed by atoms with Crippen LogP contribution in [0.4, 0.5) is 5.69 Å². The Morgan fingerprint density at radius 1 is 1.07 bits per heavy atom. The number of anilines is 1. The number of benzene rings is 3. The maximum Gasteiger partial charge on any atom is 0.275 e. The molecule has 0 radical (unpaired) electrons. The fourth-order valence-corrected chi connectivity index (χ4v) is 2.99. The van der Waals surface area contributed by atoms with Crippen LogP contribution in [-0.2, 0) is 6.61 Å². The molecule has 0 aromatic heterocycles. The number of hydrazone groups is 1. The first-order valence-electron chi connectivity index (χ1n) is 9.10. The summed E-state index contributed by atoms with van der Waals surface area (Å²) in [6.07, 6.45) is 1.61. The van der Waals surface area contributed by atoms with Gasteiger partial charge < -0.3 is 9.64 Å². The van der Waals surface area contributed by atoms with Gasteiger partial charge in [-0.2, -0.15) is 5.10 Å². The Labute approximate surface area is 179 Å². The second-order valence-corrected chi connectivity index (χ2v) is 7.52. The molecule has 1 N–H and O–H groups in total. The number of ether oxygens (including phenoxy) is 1. The number of amides is 1. The van der Waals surface area contributed by atoms with E-state index in [4.69, 9.17) is 4.74 Å². The Balaban J connectivity index is 1.67. The molecule has 29 heavy (non-hydrogen) atoms. The second kappa shape index (κ2) is 9.89. The van der Waals surface area contributed by atoms with Gasteiger partial charge in [0.05, 0.1) is 11.8 Å². The molecule has 3 aromatic carbocycles. The van der Waals surface area contributed by atoms with Crippen LogP contribution in [-0.4, -0.2) is 26.2 Å². The summed E-state index contributed by atoms with van der Waals surface area (Å²) in [6.45, 7) is 0.379. The van der Waals surface area contributed by atoms with E-state index in [2.05, 4.69) is 26.5 Å². The van der Waals surface area contributed by atoms with Crippen LogP contribution in [0.5, 0.6) is 5.75 Å². The Morgan fingerprint density at radius 2 is 1.79 bits per heavy atom. The van der Waals surface area contributed by atoms with E-state index in [1.165, 1.54) is 0 Å². The summed E-state index contributed by atoms with van der Waals surface area (Å²) in [5.74, 6) is 0.163. The lowest BCUT2D eigenvalue weighted by Gasteiger charge is -2.12. The molecule has 0 aliphatic rings. The lowest BCUT2D eigenvalue weighted by Crippen LogP contribution is -2.19. The van der Waals surface area contributed by atoms with E-state index in [0.717, 1.165) is 21.3 Å². The van der Waals surface area contributed by atoms with Crippen LogP contribution < -0.4 is 15.1 Å². The van der Waals surface area contributed by atoms with E-state index < -0.39 is 0 Å². The van der Waals surface area contributed by atoms with E-state index in [0.29, 0.717) is 17.9 Å². The summed E-state index contributed by atoms with van der Waals surface area (Å²) >= 11 is 3.41. The highest BCUT2D eigenvalue weighted by molar-refractivity contribution is 9.10. The summed E-state index contributed by atoms with van der Waals surface area (Å²) in [5.41, 5.74) is 6.00. The molecule has 5 nitrogen and oxygen atoms in total. The Bertz CT molecular complexity index is 987. The van der Waals surface area contributed by atoms with Crippen molar-refractivity contribution in [2.75, 3.05) is 19.0 Å². The summed E-state index contributed by atoms with van der Waals surface area (Å²) in [4.78, 5) is 14.7. The molecule has 0 heterocycles. The first-order valence-corrected chi connectivity index (χ1v) is 9.89. The normalized spacial score (nSPS) is 10.7. The SMILES string of the molecule is CN(C)c1ccc(/C=N\NC(=O)c2cc(Br)ccc2OCc2ccccc2)cc1. The molecule has 0 unspecified atom stereocenters. The third kappa shape index (κ3) is 5.93. The number of rotatable bonds is 7. The molecule has 3 rings (SSSR count). The number of nitrogens with zero attached hydrogens (tertiary/aromatic N) is 2. The number of carbonyl (C=O) groups is 1. The fourth-order valence-electron chi connectivity index (χ4n) is 2.63. The number of hydrogen-bond acceptors (Lipinski definition) is 4. The average molecular weight is 452 g/mol. The van der Waals surface area contributed by atoms with Crippen LogP contribution in [0.1, 0.15) is 21.5 Å². The average Bonchev–Trinajstić information content (AvgIpc) is 2.74. The monoisotopic (exact) mass is 451 g/mol. The first-order chi connectivity index (χ1) is 14.0. The molecule has 6 heteroatoms. The van der Waals surface area contributed by atoms with Crippen LogP contribution in [0.15, 0.2) is 82.4 Å². The van der Waals surface area contributed by atoms with Gasteiger partial charge in [0.25, 0.3) is 5.91 Å². The minimum absolute atomic E-state index is 0.337. The number of hydrogen-bond donors (Lipinski definition) is 1. The third-order valence-corrected chi connectivity index (χ3v) is 4.71. The van der Waals surface area contributed by atoms with Gasteiger partial charge in [-0.05, 0) is 41.5 Å². The highest BCUT2D eigenvalue weighted by atomic mass is 79.9. The van der Waals surface area contributed by atoms with Crippen molar-refractivity contribution in [1.82, 2.24) is 5.43 Å². The van der Waals surface area contributed by atoms with Crippen molar-refractivity contribution in [1.29, 1.82) is 0 Å². The quantitative estimate of drug-likeness (QED) is 0.412. The Morgan fingerprint density at radius 3 is 2.48 bits per heavy atom. The van der Waals surface area contributed by atoms with Crippen LogP contribution in [0.25, 0.3) is 0 Å². The maximum atomic E-state index is 12.6. The largest absolute Gasteiger partial charge is 0.488 e. The predicted molar refractivity (Wildman–Crippen MR) is 121 cm³/mol. The molecule has 3 aromatic rings. The van der Waals surface area contributed by atoms with Crippen LogP contribution in [0, 0.1) is 0 Å². The van der Waals surface area contributed by atoms with Crippen LogP contribution in [0.2, 0.25) is 0 Å². The number of carbonyl (C=O) groups excluding carboxylic acids is 1. The summed E-state index contributed by atoms with van der Waals surface area (Å²) in [6, 6.07) is 23.0. The van der Waals surface area contributed by atoms with E-state index in [-0.39, 0.29) is 5.91 Å². The van der Waals surface area contributed by atoms with Gasteiger partial charge in [0.1, 0.15) is 12.4 Å². The van der Waals surface area contributed by atoms with Crippen LogP contribution >= 0.6 is 15.9 Å². The second-order valence-electron chi connectivity index (χ2n) is 6.60. The van der Waals surface area contributed by atoms with E-state index in [1.54, 1.807) is 18.3 Å². The smallest absolute Gasteiger partial charge is 0.275 e. The minimum atomic E-state index is -0.337. The summed E-state index contributed by atoms with van der Waals surface area (Å²) < 4.78 is 6.65. The number of halogens is 1. The van der Waals surface area contributed by atoms with Crippen molar-refractivity contribution in [2.24, 2.45) is 5.10 Å². The van der Waals surface area contributed by atoms with Gasteiger partial charge in [0.2, 0.25) is 0 Å². The first kappa shape index (κ1) is 20.6. The molecule has 148 valence electrons. The molecule has 0 saturated carbocycles. The summed E-state index contributed by atoms with van der Waals surface area (Å²) in [5, 5.41) is 4.07. The van der Waals surface area contributed by atoms with Gasteiger partial charge in [-0.1, -0.05) is 58.4 Å².